The van der Waals surface area contributed by atoms with Crippen molar-refractivity contribution in [2.45, 2.75) is 26.3 Å². The zero-order chi connectivity index (χ0) is 19.1. The first-order valence-electron chi connectivity index (χ1n) is 8.87. The molecule has 3 rings (SSSR count). The van der Waals surface area contributed by atoms with Crippen molar-refractivity contribution in [2.75, 3.05) is 6.61 Å². The van der Waals surface area contributed by atoms with Gasteiger partial charge in [-0.1, -0.05) is 29.8 Å². The van der Waals surface area contributed by atoms with Crippen molar-refractivity contribution in [3.8, 4) is 11.4 Å². The lowest BCUT2D eigenvalue weighted by molar-refractivity contribution is -0.121. The second kappa shape index (κ2) is 9.24. The largest absolute Gasteiger partial charge is 0.494 e. The van der Waals surface area contributed by atoms with Crippen LogP contribution in [-0.2, 0) is 11.3 Å². The van der Waals surface area contributed by atoms with Crippen LogP contribution in [0.2, 0.25) is 5.02 Å². The van der Waals surface area contributed by atoms with E-state index in [9.17, 15) is 4.79 Å². The van der Waals surface area contributed by atoms with Crippen molar-refractivity contribution in [1.29, 1.82) is 0 Å². The molecule has 0 aliphatic rings. The maximum Gasteiger partial charge on any atom is 0.220 e. The molecule has 1 aromatic heterocycles. The molecule has 0 fully saturated rings. The van der Waals surface area contributed by atoms with Crippen molar-refractivity contribution in [2.24, 2.45) is 0 Å². The molecular weight excluding hydrogens is 362 g/mol. The first-order valence-corrected chi connectivity index (χ1v) is 9.24. The third-order valence-corrected chi connectivity index (χ3v) is 4.44. The predicted octanol–water partition coefficient (Wildman–Crippen LogP) is 4.31. The van der Waals surface area contributed by atoms with Crippen LogP contribution in [0.15, 0.2) is 60.9 Å². The van der Waals surface area contributed by atoms with Gasteiger partial charge in [0, 0.05) is 30.4 Å². The van der Waals surface area contributed by atoms with Gasteiger partial charge in [0.15, 0.2) is 0 Å². The van der Waals surface area contributed by atoms with Gasteiger partial charge in [-0.15, -0.1) is 0 Å². The number of para-hydroxylation sites is 1. The number of imidazole rings is 1. The number of aromatic nitrogens is 2. The Morgan fingerprint density at radius 1 is 1.19 bits per heavy atom. The molecule has 0 aliphatic heterocycles. The summed E-state index contributed by atoms with van der Waals surface area (Å²) in [5, 5.41) is 3.66. The Kier molecular flexibility index (Phi) is 6.49. The molecule has 27 heavy (non-hydrogen) atoms. The molecule has 1 heterocycles. The Hall–Kier alpha value is -2.79. The number of ether oxygens (including phenoxy) is 1. The van der Waals surface area contributed by atoms with Gasteiger partial charge in [0.1, 0.15) is 11.6 Å². The van der Waals surface area contributed by atoms with Gasteiger partial charge >= 0.3 is 0 Å². The minimum atomic E-state index is 0.00635. The molecular formula is C21H22ClN3O2. The summed E-state index contributed by atoms with van der Waals surface area (Å²) in [6, 6.07) is 15.2. The summed E-state index contributed by atoms with van der Waals surface area (Å²) in [5.41, 5.74) is 2.07. The smallest absolute Gasteiger partial charge is 0.220 e. The molecule has 0 aliphatic carbocycles. The maximum absolute atomic E-state index is 12.1. The summed E-state index contributed by atoms with van der Waals surface area (Å²) in [7, 11) is 0. The number of hydrogen-bond donors (Lipinski definition) is 1. The second-order valence-corrected chi connectivity index (χ2v) is 6.59. The van der Waals surface area contributed by atoms with E-state index in [1.165, 1.54) is 0 Å². The van der Waals surface area contributed by atoms with Gasteiger partial charge in [-0.25, -0.2) is 4.98 Å². The fourth-order valence-corrected chi connectivity index (χ4v) is 2.89. The number of nitrogens with zero attached hydrogens (tertiary/aromatic N) is 2. The molecule has 2 aromatic carbocycles. The van der Waals surface area contributed by atoms with E-state index < -0.39 is 0 Å². The third kappa shape index (κ3) is 5.34. The number of hydrogen-bond acceptors (Lipinski definition) is 3. The Bertz CT molecular complexity index is 890. The molecule has 0 bridgehead atoms. The van der Waals surface area contributed by atoms with Crippen LogP contribution in [0.4, 0.5) is 0 Å². The molecule has 1 N–H and O–H groups in total. The van der Waals surface area contributed by atoms with Gasteiger partial charge in [0.2, 0.25) is 5.91 Å². The Morgan fingerprint density at radius 2 is 1.96 bits per heavy atom. The summed E-state index contributed by atoms with van der Waals surface area (Å²) >= 11 is 5.84. The zero-order valence-electron chi connectivity index (χ0n) is 15.2. The normalized spacial score (nSPS) is 10.6. The number of halogens is 1. The monoisotopic (exact) mass is 383 g/mol. The Labute approximate surface area is 164 Å². The summed E-state index contributed by atoms with van der Waals surface area (Å²) in [5.74, 6) is 1.67. The van der Waals surface area contributed by atoms with E-state index in [2.05, 4.69) is 10.3 Å². The van der Waals surface area contributed by atoms with Crippen molar-refractivity contribution in [3.63, 3.8) is 0 Å². The lowest BCUT2D eigenvalue weighted by atomic mass is 10.1. The second-order valence-electron chi connectivity index (χ2n) is 6.16. The van der Waals surface area contributed by atoms with Gasteiger partial charge in [-0.2, -0.15) is 0 Å². The number of amides is 1. The van der Waals surface area contributed by atoms with Crippen LogP contribution in [0, 0.1) is 6.92 Å². The van der Waals surface area contributed by atoms with Crippen LogP contribution in [0.5, 0.6) is 5.75 Å². The van der Waals surface area contributed by atoms with Crippen molar-refractivity contribution >= 4 is 17.5 Å². The van der Waals surface area contributed by atoms with E-state index in [0.717, 1.165) is 22.8 Å². The average molecular weight is 384 g/mol. The fourth-order valence-electron chi connectivity index (χ4n) is 2.76. The van der Waals surface area contributed by atoms with Crippen molar-refractivity contribution < 1.29 is 9.53 Å². The molecule has 0 radical (unpaired) electrons. The van der Waals surface area contributed by atoms with Crippen LogP contribution >= 0.6 is 11.6 Å². The molecule has 0 atom stereocenters. The first-order chi connectivity index (χ1) is 13.1. The van der Waals surface area contributed by atoms with E-state index in [1.807, 2.05) is 54.1 Å². The van der Waals surface area contributed by atoms with E-state index >= 15 is 0 Å². The lowest BCUT2D eigenvalue weighted by Gasteiger charge is -2.13. The number of benzene rings is 2. The molecule has 0 unspecified atom stereocenters. The zero-order valence-corrected chi connectivity index (χ0v) is 15.9. The van der Waals surface area contributed by atoms with Crippen molar-refractivity contribution in [3.05, 3.63) is 77.3 Å². The van der Waals surface area contributed by atoms with Crippen LogP contribution in [0.1, 0.15) is 24.2 Å². The number of carbonyl (C=O) groups is 1. The third-order valence-electron chi connectivity index (χ3n) is 4.18. The SMILES string of the molecule is Cc1nccn1-c1ccccc1CNC(=O)CCCOc1ccc(Cl)cc1. The summed E-state index contributed by atoms with van der Waals surface area (Å²) in [6.45, 7) is 2.92. The summed E-state index contributed by atoms with van der Waals surface area (Å²) < 4.78 is 7.62. The molecule has 140 valence electrons. The van der Waals surface area contributed by atoms with Crippen molar-refractivity contribution in [1.82, 2.24) is 14.9 Å². The number of rotatable bonds is 8. The molecule has 3 aromatic rings. The minimum absolute atomic E-state index is 0.00635. The molecule has 0 spiro atoms. The molecule has 0 saturated carbocycles. The van der Waals surface area contributed by atoms with E-state index in [-0.39, 0.29) is 5.91 Å². The highest BCUT2D eigenvalue weighted by molar-refractivity contribution is 6.30. The maximum atomic E-state index is 12.1. The standard InChI is InChI=1S/C21H22ClN3O2/c1-16-23-12-13-25(16)20-6-3-2-5-17(20)15-24-21(26)7-4-14-27-19-10-8-18(22)9-11-19/h2-3,5-6,8-13H,4,7,14-15H2,1H3,(H,24,26). The van der Waals surface area contributed by atoms with Gasteiger partial charge in [-0.05, 0) is 49.2 Å². The van der Waals surface area contributed by atoms with E-state index in [4.69, 9.17) is 16.3 Å². The van der Waals surface area contributed by atoms with Crippen LogP contribution in [0.3, 0.4) is 0 Å². The van der Waals surface area contributed by atoms with Crippen LogP contribution in [-0.4, -0.2) is 22.1 Å². The molecule has 1 amide bonds. The first kappa shape index (κ1) is 19.0. The Balaban J connectivity index is 1.46. The van der Waals surface area contributed by atoms with Gasteiger partial charge in [-0.3, -0.25) is 4.79 Å². The number of aryl methyl sites for hydroxylation is 1. The lowest BCUT2D eigenvalue weighted by Crippen LogP contribution is -2.23. The highest BCUT2D eigenvalue weighted by atomic mass is 35.5. The number of carbonyl (C=O) groups excluding carboxylic acids is 1. The van der Waals surface area contributed by atoms with Gasteiger partial charge in [0.05, 0.1) is 12.3 Å². The fraction of sp³-hybridized carbons (Fsp3) is 0.238. The number of nitrogens with one attached hydrogen (secondary N) is 1. The highest BCUT2D eigenvalue weighted by Crippen LogP contribution is 2.17. The molecule has 5 nitrogen and oxygen atoms in total. The summed E-state index contributed by atoms with van der Waals surface area (Å²) in [4.78, 5) is 16.4. The minimum Gasteiger partial charge on any atom is -0.494 e. The quantitative estimate of drug-likeness (QED) is 0.590. The molecule has 0 saturated heterocycles. The highest BCUT2D eigenvalue weighted by Gasteiger charge is 2.08. The topological polar surface area (TPSA) is 56.2 Å². The molecule has 6 heteroatoms. The van der Waals surface area contributed by atoms with E-state index in [0.29, 0.717) is 31.0 Å². The van der Waals surface area contributed by atoms with Crippen LogP contribution in [0.25, 0.3) is 5.69 Å². The van der Waals surface area contributed by atoms with Gasteiger partial charge in [0.25, 0.3) is 0 Å². The van der Waals surface area contributed by atoms with E-state index in [1.54, 1.807) is 18.3 Å². The predicted molar refractivity (Wildman–Crippen MR) is 106 cm³/mol. The average Bonchev–Trinajstić information content (AvgIpc) is 3.11. The summed E-state index contributed by atoms with van der Waals surface area (Å²) in [6.07, 6.45) is 4.76. The van der Waals surface area contributed by atoms with Crippen LogP contribution < -0.4 is 10.1 Å². The van der Waals surface area contributed by atoms with Gasteiger partial charge < -0.3 is 14.6 Å². The Morgan fingerprint density at radius 3 is 2.70 bits per heavy atom.